The summed E-state index contributed by atoms with van der Waals surface area (Å²) in [4.78, 5) is 0. The molecule has 0 nitrogen and oxygen atoms in total. The predicted molar refractivity (Wildman–Crippen MR) is 100 cm³/mol. The summed E-state index contributed by atoms with van der Waals surface area (Å²) in [6.07, 6.45) is 2.36. The molecule has 0 radical (unpaired) electrons. The molecule has 0 spiro atoms. The van der Waals surface area contributed by atoms with Crippen LogP contribution in [0.2, 0.25) is 0 Å². The lowest BCUT2D eigenvalue weighted by Gasteiger charge is -2.46. The molecule has 0 unspecified atom stereocenters. The number of hydrogen-bond acceptors (Lipinski definition) is 0. The van der Waals surface area contributed by atoms with Crippen LogP contribution in [0.25, 0.3) is 0 Å². The largest absolute Gasteiger partial charge is 0.170 e. The molecule has 1 rings (SSSR count). The van der Waals surface area contributed by atoms with E-state index < -0.39 is 10.0 Å². The quantitative estimate of drug-likeness (QED) is 0.587. The molecule has 0 heterocycles. The highest BCUT2D eigenvalue weighted by molar-refractivity contribution is 8.38. The lowest BCUT2D eigenvalue weighted by atomic mass is 10.1. The van der Waals surface area contributed by atoms with Gasteiger partial charge in [-0.15, -0.1) is 0 Å². The zero-order valence-electron chi connectivity index (χ0n) is 14.9. The van der Waals surface area contributed by atoms with E-state index in [2.05, 4.69) is 83.9 Å². The van der Waals surface area contributed by atoms with Crippen LogP contribution in [0.1, 0.15) is 66.0 Å². The minimum absolute atomic E-state index is 0.643. The molecular weight excluding hydrogens is 272 g/mol. The zero-order valence-corrected chi connectivity index (χ0v) is 15.7. The molecule has 118 valence electrons. The van der Waals surface area contributed by atoms with Crippen LogP contribution in [0, 0.1) is 11.2 Å². The molecule has 0 aromatic heterocycles. The van der Waals surface area contributed by atoms with Crippen molar-refractivity contribution in [2.75, 3.05) is 0 Å². The Bertz CT molecular complexity index is 461. The van der Waals surface area contributed by atoms with Crippen molar-refractivity contribution in [1.29, 1.82) is 0 Å². The fourth-order valence-corrected chi connectivity index (χ4v) is 7.45. The highest BCUT2D eigenvalue weighted by Gasteiger charge is 2.32. The van der Waals surface area contributed by atoms with Gasteiger partial charge in [-0.1, -0.05) is 72.9 Å². The van der Waals surface area contributed by atoms with E-state index in [1.54, 1.807) is 0 Å². The second kappa shape index (κ2) is 7.95. The van der Waals surface area contributed by atoms with Crippen LogP contribution in [0.15, 0.2) is 24.3 Å². The Morgan fingerprint density at radius 1 is 0.857 bits per heavy atom. The molecule has 21 heavy (non-hydrogen) atoms. The highest BCUT2D eigenvalue weighted by atomic mass is 32.3. The first kappa shape index (κ1) is 18.2. The van der Waals surface area contributed by atoms with Crippen molar-refractivity contribution in [3.63, 3.8) is 0 Å². The van der Waals surface area contributed by atoms with E-state index in [1.807, 2.05) is 0 Å². The van der Waals surface area contributed by atoms with Gasteiger partial charge < -0.3 is 0 Å². The molecule has 0 aliphatic carbocycles. The molecule has 1 aromatic carbocycles. The molecule has 0 saturated carbocycles. The standard InChI is InChI=1S/C20H32S/c1-8-9-19-10-12-20(13-11-19)14-15-21(16(2)3,17(4)5)18(6)7/h10-13,16-18H,8-9H2,1-7H3. The van der Waals surface area contributed by atoms with Crippen molar-refractivity contribution >= 4 is 10.0 Å². The molecule has 0 aliphatic rings. The number of aryl methyl sites for hydroxylation is 1. The maximum absolute atomic E-state index is 3.73. The SMILES string of the molecule is CCCc1ccc(C#CS(C(C)C)(C(C)C)C(C)C)cc1. The van der Waals surface area contributed by atoms with Crippen LogP contribution < -0.4 is 0 Å². The highest BCUT2D eigenvalue weighted by Crippen LogP contribution is 2.59. The Balaban J connectivity index is 3.10. The summed E-state index contributed by atoms with van der Waals surface area (Å²) in [5, 5.41) is 5.66. The first-order chi connectivity index (χ1) is 9.84. The second-order valence-electron chi connectivity index (χ2n) is 6.58. The number of rotatable bonds is 5. The molecule has 0 N–H and O–H groups in total. The molecule has 1 heteroatoms. The summed E-state index contributed by atoms with van der Waals surface area (Å²) in [5.74, 6) is 3.49. The minimum atomic E-state index is -0.926. The van der Waals surface area contributed by atoms with Crippen LogP contribution in [0.5, 0.6) is 0 Å². The van der Waals surface area contributed by atoms with E-state index in [9.17, 15) is 0 Å². The Morgan fingerprint density at radius 2 is 1.33 bits per heavy atom. The van der Waals surface area contributed by atoms with Crippen LogP contribution >= 0.6 is 10.0 Å². The van der Waals surface area contributed by atoms with Gasteiger partial charge in [-0.25, -0.2) is 0 Å². The topological polar surface area (TPSA) is 0 Å². The van der Waals surface area contributed by atoms with Crippen molar-refractivity contribution in [3.8, 4) is 11.2 Å². The first-order valence-electron chi connectivity index (χ1n) is 8.26. The third kappa shape index (κ3) is 4.30. The molecule has 0 amide bonds. The van der Waals surface area contributed by atoms with E-state index in [-0.39, 0.29) is 0 Å². The Morgan fingerprint density at radius 3 is 1.71 bits per heavy atom. The maximum Gasteiger partial charge on any atom is 0.0253 e. The van der Waals surface area contributed by atoms with Gasteiger partial charge >= 0.3 is 0 Å². The first-order valence-corrected chi connectivity index (χ1v) is 10.1. The molecule has 0 fully saturated rings. The van der Waals surface area contributed by atoms with Crippen molar-refractivity contribution in [2.24, 2.45) is 0 Å². The number of hydrogen-bond donors (Lipinski definition) is 0. The van der Waals surface area contributed by atoms with Crippen LogP contribution in [0.3, 0.4) is 0 Å². The minimum Gasteiger partial charge on any atom is -0.170 e. The summed E-state index contributed by atoms with van der Waals surface area (Å²) >= 11 is 0. The van der Waals surface area contributed by atoms with Crippen molar-refractivity contribution in [3.05, 3.63) is 35.4 Å². The molecule has 0 aliphatic heterocycles. The second-order valence-corrected chi connectivity index (χ2v) is 11.1. The third-order valence-electron chi connectivity index (χ3n) is 4.20. The van der Waals surface area contributed by atoms with E-state index in [0.29, 0.717) is 15.7 Å². The Labute approximate surface area is 134 Å². The monoisotopic (exact) mass is 304 g/mol. The van der Waals surface area contributed by atoms with Gasteiger partial charge in [0.15, 0.2) is 0 Å². The van der Waals surface area contributed by atoms with Crippen LogP contribution in [0.4, 0.5) is 0 Å². The molecule has 1 aromatic rings. The lowest BCUT2D eigenvalue weighted by molar-refractivity contribution is 0.922. The molecule has 0 saturated heterocycles. The van der Waals surface area contributed by atoms with Crippen molar-refractivity contribution in [1.82, 2.24) is 0 Å². The molecular formula is C20H32S. The smallest absolute Gasteiger partial charge is 0.0253 e. The van der Waals surface area contributed by atoms with Gasteiger partial charge in [-0.2, -0.15) is 10.0 Å². The van der Waals surface area contributed by atoms with E-state index in [4.69, 9.17) is 0 Å². The number of benzene rings is 1. The van der Waals surface area contributed by atoms with E-state index in [0.717, 1.165) is 12.0 Å². The lowest BCUT2D eigenvalue weighted by Crippen LogP contribution is -2.27. The van der Waals surface area contributed by atoms with Gasteiger partial charge in [-0.05, 0) is 45.1 Å². The van der Waals surface area contributed by atoms with Gasteiger partial charge in [-0.3, -0.25) is 0 Å². The normalized spacial score (nSPS) is 12.7. The zero-order chi connectivity index (χ0) is 16.0. The fourth-order valence-electron chi connectivity index (χ4n) is 3.18. The van der Waals surface area contributed by atoms with Gasteiger partial charge in [0.25, 0.3) is 0 Å². The summed E-state index contributed by atoms with van der Waals surface area (Å²) in [7, 11) is -0.926. The van der Waals surface area contributed by atoms with E-state index >= 15 is 0 Å². The summed E-state index contributed by atoms with van der Waals surface area (Å²) in [5.41, 5.74) is 2.58. The predicted octanol–water partition coefficient (Wildman–Crippen LogP) is 5.98. The molecule has 0 atom stereocenters. The maximum atomic E-state index is 3.73. The fraction of sp³-hybridized carbons (Fsp3) is 0.600. The summed E-state index contributed by atoms with van der Waals surface area (Å²) in [6.45, 7) is 16.3. The van der Waals surface area contributed by atoms with Gasteiger partial charge in [0.05, 0.1) is 0 Å². The molecule has 0 bridgehead atoms. The van der Waals surface area contributed by atoms with E-state index in [1.165, 1.54) is 12.0 Å². The van der Waals surface area contributed by atoms with Gasteiger partial charge in [0.2, 0.25) is 0 Å². The van der Waals surface area contributed by atoms with Gasteiger partial charge in [0, 0.05) is 5.56 Å². The summed E-state index contributed by atoms with van der Waals surface area (Å²) in [6, 6.07) is 8.82. The van der Waals surface area contributed by atoms with Gasteiger partial charge in [0.1, 0.15) is 0 Å². The average molecular weight is 305 g/mol. The Kier molecular flexibility index (Phi) is 6.88. The Hall–Kier alpha value is -0.870. The van der Waals surface area contributed by atoms with Crippen LogP contribution in [-0.4, -0.2) is 15.7 Å². The van der Waals surface area contributed by atoms with Crippen molar-refractivity contribution < 1.29 is 0 Å². The average Bonchev–Trinajstić information content (AvgIpc) is 2.40. The van der Waals surface area contributed by atoms with Crippen molar-refractivity contribution in [2.45, 2.75) is 77.1 Å². The van der Waals surface area contributed by atoms with Crippen LogP contribution in [-0.2, 0) is 6.42 Å². The summed E-state index contributed by atoms with van der Waals surface area (Å²) < 4.78 is 0. The third-order valence-corrected chi connectivity index (χ3v) is 9.34.